The van der Waals surface area contributed by atoms with Crippen LogP contribution in [0.5, 0.6) is 5.75 Å². The van der Waals surface area contributed by atoms with Gasteiger partial charge in [-0.25, -0.2) is 0 Å². The van der Waals surface area contributed by atoms with Crippen LogP contribution in [0.4, 0.5) is 0 Å². The van der Waals surface area contributed by atoms with Crippen LogP contribution in [0.25, 0.3) is 0 Å². The van der Waals surface area contributed by atoms with E-state index in [1.54, 1.807) is 19.1 Å². The number of carbonyl (C=O) groups excluding carboxylic acids is 1. The van der Waals surface area contributed by atoms with Gasteiger partial charge in [0.05, 0.1) is 0 Å². The second-order valence-electron chi connectivity index (χ2n) is 2.54. The third-order valence-corrected chi connectivity index (χ3v) is 1.58. The zero-order valence-corrected chi connectivity index (χ0v) is 6.55. The molecule has 0 fully saturated rings. The minimum atomic E-state index is -0.0185. The molecule has 1 aromatic carbocycles. The molecule has 1 radical (unpaired) electrons. The fourth-order valence-corrected chi connectivity index (χ4v) is 0.868. The van der Waals surface area contributed by atoms with E-state index in [4.69, 9.17) is 0 Å². The largest absolute Gasteiger partial charge is 0.295 e. The first kappa shape index (κ1) is 7.79. The molecule has 0 unspecified atom stereocenters. The summed E-state index contributed by atoms with van der Waals surface area (Å²) in [7, 11) is 0. The maximum atomic E-state index is 10.9. The van der Waals surface area contributed by atoms with Crippen molar-refractivity contribution in [2.75, 3.05) is 0 Å². The summed E-state index contributed by atoms with van der Waals surface area (Å²) in [4.78, 5) is 10.8. The molecule has 0 aliphatic carbocycles. The summed E-state index contributed by atoms with van der Waals surface area (Å²) >= 11 is 0. The van der Waals surface area contributed by atoms with E-state index in [0.717, 1.165) is 0 Å². The third kappa shape index (κ3) is 1.58. The first-order valence-corrected chi connectivity index (χ1v) is 3.40. The molecule has 0 heterocycles. The zero-order valence-electron chi connectivity index (χ0n) is 6.55. The molecular formula is C9H9O2. The Morgan fingerprint density at radius 1 is 1.36 bits per heavy atom. The van der Waals surface area contributed by atoms with Gasteiger partial charge in [0.15, 0.2) is 11.5 Å². The minimum absolute atomic E-state index is 0.00639. The molecule has 0 atom stereocenters. The highest BCUT2D eigenvalue weighted by molar-refractivity contribution is 5.94. The number of hydrogen-bond donors (Lipinski definition) is 0. The molecule has 1 aromatic rings. The number of hydrogen-bond acceptors (Lipinski definition) is 1. The van der Waals surface area contributed by atoms with Gasteiger partial charge < -0.3 is 0 Å². The fraction of sp³-hybridized carbons (Fsp3) is 0.222. The van der Waals surface area contributed by atoms with Crippen LogP contribution in [0, 0.1) is 6.92 Å². The highest BCUT2D eigenvalue weighted by atomic mass is 16.3. The van der Waals surface area contributed by atoms with E-state index in [-0.39, 0.29) is 11.5 Å². The van der Waals surface area contributed by atoms with Crippen LogP contribution in [0.15, 0.2) is 18.2 Å². The summed E-state index contributed by atoms with van der Waals surface area (Å²) in [6, 6.07) is 4.59. The Labute approximate surface area is 65.5 Å². The van der Waals surface area contributed by atoms with E-state index in [1.165, 1.54) is 13.0 Å². The number of rotatable bonds is 1. The molecule has 11 heavy (non-hydrogen) atoms. The molecule has 0 saturated heterocycles. The maximum Gasteiger partial charge on any atom is 0.181 e. The second kappa shape index (κ2) is 2.74. The number of carbonyl (C=O) groups is 1. The Bertz CT molecular complexity index is 290. The first-order valence-electron chi connectivity index (χ1n) is 3.40. The summed E-state index contributed by atoms with van der Waals surface area (Å²) in [6.45, 7) is 3.19. The molecule has 57 valence electrons. The molecule has 0 spiro atoms. The van der Waals surface area contributed by atoms with Gasteiger partial charge in [-0.05, 0) is 37.6 Å². The standard InChI is InChI=1S/C9H9O2/c1-6-5-8(7(2)10)3-4-9(6)11/h3-5H,1-2H3. The lowest BCUT2D eigenvalue weighted by Gasteiger charge is -1.97. The van der Waals surface area contributed by atoms with E-state index >= 15 is 0 Å². The van der Waals surface area contributed by atoms with Crippen molar-refractivity contribution in [3.63, 3.8) is 0 Å². The lowest BCUT2D eigenvalue weighted by atomic mass is 10.1. The monoisotopic (exact) mass is 149 g/mol. The van der Waals surface area contributed by atoms with Crippen LogP contribution >= 0.6 is 0 Å². The molecule has 0 aromatic heterocycles. The molecule has 0 saturated carbocycles. The molecule has 1 rings (SSSR count). The Balaban J connectivity index is 3.15. The average Bonchev–Trinajstić information content (AvgIpc) is 1.94. The van der Waals surface area contributed by atoms with Crippen LogP contribution < -0.4 is 0 Å². The van der Waals surface area contributed by atoms with E-state index in [9.17, 15) is 9.90 Å². The van der Waals surface area contributed by atoms with Gasteiger partial charge in [-0.3, -0.25) is 9.90 Å². The van der Waals surface area contributed by atoms with Gasteiger partial charge in [0.2, 0.25) is 0 Å². The van der Waals surface area contributed by atoms with Gasteiger partial charge in [-0.1, -0.05) is 0 Å². The molecule has 0 N–H and O–H groups in total. The van der Waals surface area contributed by atoms with Crippen molar-refractivity contribution in [1.29, 1.82) is 0 Å². The quantitative estimate of drug-likeness (QED) is 0.564. The summed E-state index contributed by atoms with van der Waals surface area (Å²) < 4.78 is 0. The fourth-order valence-electron chi connectivity index (χ4n) is 0.868. The lowest BCUT2D eigenvalue weighted by molar-refractivity contribution is 0.101. The molecule has 2 nitrogen and oxygen atoms in total. The minimum Gasteiger partial charge on any atom is -0.295 e. The Morgan fingerprint density at radius 3 is 2.45 bits per heavy atom. The van der Waals surface area contributed by atoms with Gasteiger partial charge in [0, 0.05) is 5.56 Å². The topological polar surface area (TPSA) is 37.0 Å². The van der Waals surface area contributed by atoms with Gasteiger partial charge in [-0.15, -0.1) is 0 Å². The highest BCUT2D eigenvalue weighted by Crippen LogP contribution is 2.17. The lowest BCUT2D eigenvalue weighted by Crippen LogP contribution is -1.91. The summed E-state index contributed by atoms with van der Waals surface area (Å²) in [5, 5.41) is 10.9. The van der Waals surface area contributed by atoms with E-state index in [0.29, 0.717) is 11.1 Å². The van der Waals surface area contributed by atoms with Crippen molar-refractivity contribution in [1.82, 2.24) is 0 Å². The summed E-state index contributed by atoms with van der Waals surface area (Å²) in [6.07, 6.45) is 0. The van der Waals surface area contributed by atoms with E-state index in [2.05, 4.69) is 0 Å². The van der Waals surface area contributed by atoms with E-state index < -0.39 is 0 Å². The van der Waals surface area contributed by atoms with Crippen molar-refractivity contribution < 1.29 is 9.90 Å². The van der Waals surface area contributed by atoms with Crippen molar-refractivity contribution >= 4 is 5.78 Å². The number of aryl methyl sites for hydroxylation is 1. The zero-order chi connectivity index (χ0) is 8.43. The third-order valence-electron chi connectivity index (χ3n) is 1.58. The van der Waals surface area contributed by atoms with Crippen LogP contribution in [0.3, 0.4) is 0 Å². The van der Waals surface area contributed by atoms with Gasteiger partial charge >= 0.3 is 0 Å². The van der Waals surface area contributed by atoms with Crippen molar-refractivity contribution in [2.24, 2.45) is 0 Å². The van der Waals surface area contributed by atoms with Crippen molar-refractivity contribution in [2.45, 2.75) is 13.8 Å². The van der Waals surface area contributed by atoms with E-state index in [1.807, 2.05) is 0 Å². The Kier molecular flexibility index (Phi) is 1.94. The van der Waals surface area contributed by atoms with Crippen LogP contribution in [-0.2, 0) is 5.11 Å². The van der Waals surface area contributed by atoms with Gasteiger partial charge in [0.1, 0.15) is 0 Å². The molecule has 0 aliphatic heterocycles. The molecule has 2 heteroatoms. The maximum absolute atomic E-state index is 10.9. The highest BCUT2D eigenvalue weighted by Gasteiger charge is 2.02. The van der Waals surface area contributed by atoms with Crippen LogP contribution in [-0.4, -0.2) is 5.78 Å². The van der Waals surface area contributed by atoms with Crippen LogP contribution in [0.1, 0.15) is 22.8 Å². The van der Waals surface area contributed by atoms with Crippen molar-refractivity contribution in [3.05, 3.63) is 29.3 Å². The molecule has 0 amide bonds. The Morgan fingerprint density at radius 2 is 2.00 bits per heavy atom. The molecule has 0 bridgehead atoms. The predicted molar refractivity (Wildman–Crippen MR) is 41.3 cm³/mol. The van der Waals surface area contributed by atoms with Gasteiger partial charge in [0.25, 0.3) is 0 Å². The number of Topliss-reactive ketones (excluding diaryl/α,β-unsaturated/α-hetero) is 1. The Hall–Kier alpha value is -1.31. The normalized spacial score (nSPS) is 9.64. The van der Waals surface area contributed by atoms with Crippen LogP contribution in [0.2, 0.25) is 0 Å². The smallest absolute Gasteiger partial charge is 0.181 e. The number of ketones is 1. The van der Waals surface area contributed by atoms with Gasteiger partial charge in [-0.2, -0.15) is 0 Å². The SMILES string of the molecule is CC(=O)c1ccc([O])c(C)c1. The number of benzene rings is 1. The second-order valence-corrected chi connectivity index (χ2v) is 2.54. The average molecular weight is 149 g/mol. The predicted octanol–water partition coefficient (Wildman–Crippen LogP) is 2.34. The van der Waals surface area contributed by atoms with Crippen molar-refractivity contribution in [3.8, 4) is 5.75 Å². The summed E-state index contributed by atoms with van der Waals surface area (Å²) in [5.41, 5.74) is 1.22. The first-order chi connectivity index (χ1) is 5.11. The molecule has 0 aliphatic rings. The summed E-state index contributed by atoms with van der Waals surface area (Å²) in [5.74, 6) is -0.0249. The molecular weight excluding hydrogens is 140 g/mol.